The molecule has 0 saturated heterocycles. The molecule has 3 heterocycles. The number of nitrogens with one attached hydrogen (secondary N) is 1. The molecule has 0 radical (unpaired) electrons. The van der Waals surface area contributed by atoms with Crippen molar-refractivity contribution in [1.82, 2.24) is 24.8 Å². The Bertz CT molecular complexity index is 1610. The molecule has 15 heteroatoms. The standard InChI is InChI=1S/C27H31N7O6S2/c1-34(2)14-16-39-23-11-10-21-26(31-23)41-27(30-21)32-25(35)24(33-40-18-22-28-12-4-13-29-22)19-6-8-20(9-7-19)42(36,37)17-5-15-38-3/h4,6-13H,5,14-18H2,1-3H3,(H,30,32,35)/b33-24+. The summed E-state index contributed by atoms with van der Waals surface area (Å²) in [5.41, 5.74) is 0.844. The molecule has 0 aliphatic carbocycles. The van der Waals surface area contributed by atoms with Crippen LogP contribution >= 0.6 is 11.3 Å². The van der Waals surface area contributed by atoms with E-state index in [1.54, 1.807) is 30.6 Å². The minimum Gasteiger partial charge on any atom is -0.476 e. The van der Waals surface area contributed by atoms with Crippen LogP contribution in [0.3, 0.4) is 0 Å². The maximum Gasteiger partial charge on any atom is 0.280 e. The second-order valence-corrected chi connectivity index (χ2v) is 12.3. The number of ether oxygens (including phenoxy) is 2. The van der Waals surface area contributed by atoms with Crippen molar-refractivity contribution >= 4 is 48.3 Å². The number of carbonyl (C=O) groups is 1. The number of thiazole rings is 1. The number of nitrogens with zero attached hydrogens (tertiary/aromatic N) is 6. The molecule has 13 nitrogen and oxygen atoms in total. The first-order chi connectivity index (χ1) is 20.2. The zero-order chi connectivity index (χ0) is 30.0. The van der Waals surface area contributed by atoms with E-state index >= 15 is 0 Å². The molecule has 4 rings (SSSR count). The molecule has 0 atom stereocenters. The number of hydrogen-bond donors (Lipinski definition) is 1. The van der Waals surface area contributed by atoms with Crippen molar-refractivity contribution in [3.63, 3.8) is 0 Å². The van der Waals surface area contributed by atoms with Gasteiger partial charge in [0.15, 0.2) is 33.1 Å². The number of methoxy groups -OCH3 is 1. The molecule has 0 bridgehead atoms. The summed E-state index contributed by atoms with van der Waals surface area (Å²) in [5, 5.41) is 7.09. The number of sulfone groups is 1. The number of amides is 1. The van der Waals surface area contributed by atoms with Crippen molar-refractivity contribution in [2.24, 2.45) is 5.16 Å². The first kappa shape index (κ1) is 30.9. The van der Waals surface area contributed by atoms with Gasteiger partial charge in [0.05, 0.1) is 10.6 Å². The number of oxime groups is 1. The van der Waals surface area contributed by atoms with Crippen molar-refractivity contribution in [3.05, 3.63) is 66.2 Å². The monoisotopic (exact) mass is 613 g/mol. The van der Waals surface area contributed by atoms with Crippen LogP contribution in [0.1, 0.15) is 17.8 Å². The third-order valence-corrected chi connectivity index (χ3v) is 8.37. The number of likely N-dealkylation sites (N-methyl/N-ethyl adjacent to an activating group) is 1. The van der Waals surface area contributed by atoms with E-state index < -0.39 is 15.7 Å². The van der Waals surface area contributed by atoms with Gasteiger partial charge in [-0.2, -0.15) is 0 Å². The number of anilines is 1. The molecule has 4 aromatic rings. The Hall–Kier alpha value is -4.05. The first-order valence-corrected chi connectivity index (χ1v) is 15.4. The van der Waals surface area contributed by atoms with Crippen molar-refractivity contribution in [2.75, 3.05) is 52.0 Å². The van der Waals surface area contributed by atoms with E-state index in [0.717, 1.165) is 6.54 Å². The summed E-state index contributed by atoms with van der Waals surface area (Å²) in [6, 6.07) is 11.0. The summed E-state index contributed by atoms with van der Waals surface area (Å²) < 4.78 is 36.0. The third kappa shape index (κ3) is 8.72. The van der Waals surface area contributed by atoms with Crippen molar-refractivity contribution in [3.8, 4) is 5.88 Å². The van der Waals surface area contributed by atoms with Crippen LogP contribution in [0.5, 0.6) is 5.88 Å². The molecule has 1 N–H and O–H groups in total. The molecular formula is C27H31N7O6S2. The van der Waals surface area contributed by atoms with Crippen LogP contribution < -0.4 is 10.1 Å². The fourth-order valence-electron chi connectivity index (χ4n) is 3.54. The smallest absolute Gasteiger partial charge is 0.280 e. The molecule has 1 amide bonds. The predicted molar refractivity (Wildman–Crippen MR) is 158 cm³/mol. The van der Waals surface area contributed by atoms with Gasteiger partial charge < -0.3 is 19.2 Å². The molecule has 3 aromatic heterocycles. The predicted octanol–water partition coefficient (Wildman–Crippen LogP) is 2.79. The third-order valence-electron chi connectivity index (χ3n) is 5.67. The Labute approximate surface area is 247 Å². The van der Waals surface area contributed by atoms with Gasteiger partial charge in [0.25, 0.3) is 5.91 Å². The van der Waals surface area contributed by atoms with Gasteiger partial charge in [-0.05, 0) is 44.8 Å². The van der Waals surface area contributed by atoms with Crippen LogP contribution in [0.15, 0.2) is 64.9 Å². The zero-order valence-electron chi connectivity index (χ0n) is 23.4. The van der Waals surface area contributed by atoms with E-state index in [1.807, 2.05) is 19.0 Å². The van der Waals surface area contributed by atoms with Gasteiger partial charge >= 0.3 is 0 Å². The quantitative estimate of drug-likeness (QED) is 0.119. The highest BCUT2D eigenvalue weighted by atomic mass is 32.2. The molecule has 0 aliphatic rings. The average molecular weight is 614 g/mol. The van der Waals surface area contributed by atoms with Crippen LogP contribution in [-0.2, 0) is 30.8 Å². The van der Waals surface area contributed by atoms with Crippen LogP contribution in [0, 0.1) is 0 Å². The molecule has 0 fully saturated rings. The minimum atomic E-state index is -3.52. The lowest BCUT2D eigenvalue weighted by atomic mass is 10.1. The molecule has 0 unspecified atom stereocenters. The van der Waals surface area contributed by atoms with E-state index in [2.05, 4.69) is 30.4 Å². The van der Waals surface area contributed by atoms with Crippen LogP contribution in [0.4, 0.5) is 5.13 Å². The highest BCUT2D eigenvalue weighted by molar-refractivity contribution is 7.91. The lowest BCUT2D eigenvalue weighted by molar-refractivity contribution is -0.110. The topological polar surface area (TPSA) is 158 Å². The van der Waals surface area contributed by atoms with Gasteiger partial charge in [-0.15, -0.1) is 0 Å². The number of benzene rings is 1. The van der Waals surface area contributed by atoms with E-state index in [4.69, 9.17) is 14.3 Å². The molecule has 0 saturated carbocycles. The number of hydrogen-bond acceptors (Lipinski definition) is 13. The van der Waals surface area contributed by atoms with E-state index in [1.165, 1.54) is 42.7 Å². The Balaban J connectivity index is 1.53. The van der Waals surface area contributed by atoms with Crippen molar-refractivity contribution in [2.45, 2.75) is 17.9 Å². The molecule has 42 heavy (non-hydrogen) atoms. The first-order valence-electron chi connectivity index (χ1n) is 12.9. The summed E-state index contributed by atoms with van der Waals surface area (Å²) in [7, 11) is 1.91. The van der Waals surface area contributed by atoms with Crippen LogP contribution in [0.25, 0.3) is 10.3 Å². The average Bonchev–Trinajstić information content (AvgIpc) is 3.37. The Morgan fingerprint density at radius 2 is 1.81 bits per heavy atom. The second-order valence-electron chi connectivity index (χ2n) is 9.17. The highest BCUT2D eigenvalue weighted by Gasteiger charge is 2.20. The van der Waals surface area contributed by atoms with Gasteiger partial charge in [0, 0.05) is 44.3 Å². The molecule has 1 aromatic carbocycles. The fourth-order valence-corrected chi connectivity index (χ4v) is 5.65. The van der Waals surface area contributed by atoms with Crippen LogP contribution in [-0.4, -0.2) is 91.6 Å². The molecule has 0 spiro atoms. The summed E-state index contributed by atoms with van der Waals surface area (Å²) in [6.45, 7) is 1.48. The van der Waals surface area contributed by atoms with Crippen LogP contribution in [0.2, 0.25) is 0 Å². The highest BCUT2D eigenvalue weighted by Crippen LogP contribution is 2.26. The molecule has 0 aliphatic heterocycles. The van der Waals surface area contributed by atoms with Crippen molar-refractivity contribution in [1.29, 1.82) is 0 Å². The number of pyridine rings is 1. The largest absolute Gasteiger partial charge is 0.476 e. The van der Waals surface area contributed by atoms with E-state index in [-0.39, 0.29) is 23.0 Å². The van der Waals surface area contributed by atoms with Gasteiger partial charge in [-0.3, -0.25) is 10.1 Å². The zero-order valence-corrected chi connectivity index (χ0v) is 25.0. The number of carbonyl (C=O) groups excluding carboxylic acids is 1. The van der Waals surface area contributed by atoms with Gasteiger partial charge in [0.1, 0.15) is 17.0 Å². The van der Waals surface area contributed by atoms with Gasteiger partial charge in [0.2, 0.25) is 5.88 Å². The maximum absolute atomic E-state index is 13.4. The Morgan fingerprint density at radius 1 is 1.05 bits per heavy atom. The van der Waals surface area contributed by atoms with E-state index in [9.17, 15) is 13.2 Å². The van der Waals surface area contributed by atoms with Crippen molar-refractivity contribution < 1.29 is 27.5 Å². The second kappa shape index (κ2) is 14.7. The number of aromatic nitrogens is 4. The lowest BCUT2D eigenvalue weighted by Gasteiger charge is -2.09. The SMILES string of the molecule is COCCCS(=O)(=O)c1ccc(/C(=N\OCc2ncccn2)C(=O)Nc2nc3ccc(OCCN(C)C)nc3s2)cc1. The molecular weight excluding hydrogens is 582 g/mol. The molecule has 222 valence electrons. The minimum absolute atomic E-state index is 0.0597. The lowest BCUT2D eigenvalue weighted by Crippen LogP contribution is -2.24. The van der Waals surface area contributed by atoms with Gasteiger partial charge in [-0.25, -0.2) is 28.4 Å². The summed E-state index contributed by atoms with van der Waals surface area (Å²) in [4.78, 5) is 38.6. The normalized spacial score (nSPS) is 12.0. The summed E-state index contributed by atoms with van der Waals surface area (Å²) >= 11 is 1.18. The Kier molecular flexibility index (Phi) is 10.8. The fraction of sp³-hybridized carbons (Fsp3) is 0.333. The summed E-state index contributed by atoms with van der Waals surface area (Å²) in [5.74, 6) is 0.165. The maximum atomic E-state index is 13.4. The number of rotatable bonds is 15. The Morgan fingerprint density at radius 3 is 2.52 bits per heavy atom. The number of fused-ring (bicyclic) bond motifs is 1. The van der Waals surface area contributed by atoms with Gasteiger partial charge in [-0.1, -0.05) is 28.6 Å². The van der Waals surface area contributed by atoms with E-state index in [0.29, 0.717) is 52.4 Å². The summed E-state index contributed by atoms with van der Waals surface area (Å²) in [6.07, 6.45) is 3.50.